The third-order valence-corrected chi connectivity index (χ3v) is 7.43. The van der Waals surface area contributed by atoms with Crippen LogP contribution in [0.1, 0.15) is 56.6 Å². The number of anilines is 2. The van der Waals surface area contributed by atoms with Gasteiger partial charge in [0.05, 0.1) is 18.6 Å². The van der Waals surface area contributed by atoms with E-state index in [4.69, 9.17) is 4.74 Å². The van der Waals surface area contributed by atoms with E-state index >= 15 is 0 Å². The fourth-order valence-corrected chi connectivity index (χ4v) is 5.88. The number of fused-ring (bicyclic) bond motifs is 5. The van der Waals surface area contributed by atoms with Crippen molar-refractivity contribution in [2.75, 3.05) is 43.1 Å². The highest BCUT2D eigenvalue weighted by molar-refractivity contribution is 7.25. The predicted molar refractivity (Wildman–Crippen MR) is 122 cm³/mol. The maximum absolute atomic E-state index is 5.59. The summed E-state index contributed by atoms with van der Waals surface area (Å²) in [6.07, 6.45) is 9.70. The molecule has 1 aliphatic carbocycles. The third-order valence-electron chi connectivity index (χ3n) is 6.33. The number of pyridine rings is 1. The summed E-state index contributed by atoms with van der Waals surface area (Å²) < 4.78 is 6.71. The first-order valence-corrected chi connectivity index (χ1v) is 12.3. The van der Waals surface area contributed by atoms with E-state index < -0.39 is 0 Å². The van der Waals surface area contributed by atoms with Crippen LogP contribution in [0.25, 0.3) is 20.4 Å². The molecule has 1 aliphatic heterocycles. The highest BCUT2D eigenvalue weighted by Gasteiger charge is 2.30. The van der Waals surface area contributed by atoms with Gasteiger partial charge < -0.3 is 10.1 Å². The van der Waals surface area contributed by atoms with Crippen LogP contribution in [-0.4, -0.2) is 48.3 Å². The molecule has 160 valence electrons. The van der Waals surface area contributed by atoms with Crippen LogP contribution in [0.2, 0.25) is 0 Å². The minimum atomic E-state index is 0.800. The zero-order chi connectivity index (χ0) is 20.3. The van der Waals surface area contributed by atoms with E-state index in [0.717, 1.165) is 68.1 Å². The number of hydrogen-bond donors (Lipinski definition) is 1. The number of hydrogen-bond acceptors (Lipinski definition) is 7. The fourth-order valence-electron chi connectivity index (χ4n) is 4.76. The van der Waals surface area contributed by atoms with E-state index in [9.17, 15) is 0 Å². The van der Waals surface area contributed by atoms with Gasteiger partial charge >= 0.3 is 0 Å². The van der Waals surface area contributed by atoms with Gasteiger partial charge in [-0.05, 0) is 42.9 Å². The van der Waals surface area contributed by atoms with Crippen LogP contribution >= 0.6 is 11.3 Å². The maximum Gasteiger partial charge on any atom is 0.279 e. The van der Waals surface area contributed by atoms with Crippen molar-refractivity contribution in [2.45, 2.75) is 58.3 Å². The van der Waals surface area contributed by atoms with E-state index in [0.29, 0.717) is 0 Å². The molecular weight excluding hydrogens is 396 g/mol. The number of aryl methyl sites for hydroxylation is 1. The van der Waals surface area contributed by atoms with Gasteiger partial charge in [0, 0.05) is 12.1 Å². The molecule has 3 aromatic heterocycles. The first-order valence-electron chi connectivity index (χ1n) is 11.5. The molecular formula is C22H31N6OS+. The van der Waals surface area contributed by atoms with Gasteiger partial charge in [-0.2, -0.15) is 0 Å². The number of thiophene rings is 1. The zero-order valence-corrected chi connectivity index (χ0v) is 18.6. The topological polar surface area (TPSA) is 77.3 Å². The molecule has 2 aliphatic rings. The number of ether oxygens (including phenoxy) is 1. The molecule has 7 nitrogen and oxygen atoms in total. The van der Waals surface area contributed by atoms with Crippen molar-refractivity contribution < 1.29 is 9.72 Å². The molecule has 0 bridgehead atoms. The number of rotatable bonds is 7. The summed E-state index contributed by atoms with van der Waals surface area (Å²) in [6.45, 7) is 6.67. The van der Waals surface area contributed by atoms with Gasteiger partial charge in [0.15, 0.2) is 10.6 Å². The minimum absolute atomic E-state index is 0.800. The number of unbranched alkanes of at least 4 members (excludes halogenated alkanes) is 3. The van der Waals surface area contributed by atoms with Crippen molar-refractivity contribution in [2.24, 2.45) is 0 Å². The van der Waals surface area contributed by atoms with Crippen molar-refractivity contribution in [1.29, 1.82) is 0 Å². The van der Waals surface area contributed by atoms with E-state index in [-0.39, 0.29) is 0 Å². The molecule has 8 heteroatoms. The van der Waals surface area contributed by atoms with E-state index in [1.165, 1.54) is 59.3 Å². The molecule has 0 saturated carbocycles. The van der Waals surface area contributed by atoms with Crippen molar-refractivity contribution in [3.8, 4) is 0 Å². The molecule has 2 N–H and O–H groups in total. The fraction of sp³-hybridized carbons (Fsp3) is 0.636. The summed E-state index contributed by atoms with van der Waals surface area (Å²) in [5.74, 6) is 2.17. The first-order chi connectivity index (χ1) is 14.9. The number of aromatic amines is 1. The summed E-state index contributed by atoms with van der Waals surface area (Å²) in [4.78, 5) is 7.46. The summed E-state index contributed by atoms with van der Waals surface area (Å²) >= 11 is 1.77. The molecule has 1 saturated heterocycles. The van der Waals surface area contributed by atoms with Crippen LogP contribution in [0.4, 0.5) is 11.6 Å². The number of aromatic nitrogens is 4. The summed E-state index contributed by atoms with van der Waals surface area (Å²) in [7, 11) is 0. The molecule has 4 heterocycles. The second-order valence-electron chi connectivity index (χ2n) is 8.35. The van der Waals surface area contributed by atoms with E-state index in [1.807, 2.05) is 0 Å². The van der Waals surface area contributed by atoms with Crippen LogP contribution in [0.3, 0.4) is 0 Å². The quantitative estimate of drug-likeness (QED) is 0.579. The molecule has 3 aromatic rings. The number of H-pyrrole nitrogens is 1. The summed E-state index contributed by atoms with van der Waals surface area (Å²) in [5.41, 5.74) is 3.95. The molecule has 5 rings (SSSR count). The largest absolute Gasteiger partial charge is 0.373 e. The summed E-state index contributed by atoms with van der Waals surface area (Å²) in [5, 5.41) is 17.7. The Balaban J connectivity index is 1.56. The van der Waals surface area contributed by atoms with Gasteiger partial charge in [-0.3, -0.25) is 4.90 Å². The predicted octanol–water partition coefficient (Wildman–Crippen LogP) is 3.76. The van der Waals surface area contributed by atoms with Crippen LogP contribution in [0.15, 0.2) is 0 Å². The Morgan fingerprint density at radius 1 is 1.07 bits per heavy atom. The van der Waals surface area contributed by atoms with Gasteiger partial charge in [-0.25, -0.2) is 4.98 Å². The lowest BCUT2D eigenvalue weighted by molar-refractivity contribution is -0.328. The highest BCUT2D eigenvalue weighted by Crippen LogP contribution is 2.40. The highest BCUT2D eigenvalue weighted by atomic mass is 32.1. The first kappa shape index (κ1) is 19.9. The van der Waals surface area contributed by atoms with E-state index in [2.05, 4.69) is 37.5 Å². The van der Waals surface area contributed by atoms with Crippen molar-refractivity contribution >= 4 is 43.4 Å². The van der Waals surface area contributed by atoms with Crippen molar-refractivity contribution in [3.63, 3.8) is 0 Å². The van der Waals surface area contributed by atoms with Gasteiger partial charge in [0.25, 0.3) is 5.82 Å². The molecule has 0 amide bonds. The minimum Gasteiger partial charge on any atom is -0.373 e. The molecule has 0 atom stereocenters. The Morgan fingerprint density at radius 3 is 2.73 bits per heavy atom. The number of nitrogens with one attached hydrogen (secondary N) is 2. The third kappa shape index (κ3) is 3.71. The Kier molecular flexibility index (Phi) is 5.95. The second kappa shape index (κ2) is 8.98. The Hall–Kier alpha value is -2.06. The van der Waals surface area contributed by atoms with Crippen LogP contribution in [0.5, 0.6) is 0 Å². The molecule has 0 spiro atoms. The molecule has 0 unspecified atom stereocenters. The lowest BCUT2D eigenvalue weighted by Gasteiger charge is -2.25. The van der Waals surface area contributed by atoms with Crippen LogP contribution in [0, 0.1) is 0 Å². The average Bonchev–Trinajstić information content (AvgIpc) is 3.18. The van der Waals surface area contributed by atoms with Gasteiger partial charge in [0.2, 0.25) is 0 Å². The maximum atomic E-state index is 5.59. The lowest BCUT2D eigenvalue weighted by Crippen LogP contribution is -2.40. The van der Waals surface area contributed by atoms with Gasteiger partial charge in [-0.15, -0.1) is 10.2 Å². The van der Waals surface area contributed by atoms with Crippen LogP contribution < -0.4 is 15.2 Å². The van der Waals surface area contributed by atoms with Gasteiger partial charge in [0.1, 0.15) is 23.3 Å². The molecule has 1 fully saturated rings. The number of morpholine rings is 1. The Labute approximate surface area is 181 Å². The van der Waals surface area contributed by atoms with Gasteiger partial charge in [-0.1, -0.05) is 37.5 Å². The summed E-state index contributed by atoms with van der Waals surface area (Å²) in [6, 6.07) is 0. The SMILES string of the molecule is CCCCCCNc1nnnc2c1sc1[nH+]c(N3CCOCC3)c3c(c12)CCCC3. The standard InChI is InChI=1S/C22H30N6OS/c1-2-3-4-7-10-23-20-19-18(25-27-26-20)17-15-8-5-6-9-16(15)21(24-22(17)30-19)28-11-13-29-14-12-28/h2-14H2,1H3,(H,23,25,26)/p+1. The Morgan fingerprint density at radius 2 is 1.90 bits per heavy atom. The Bertz CT molecular complexity index is 1030. The van der Waals surface area contributed by atoms with Crippen molar-refractivity contribution in [1.82, 2.24) is 15.4 Å². The second-order valence-corrected chi connectivity index (χ2v) is 9.37. The van der Waals surface area contributed by atoms with E-state index in [1.54, 1.807) is 11.3 Å². The number of nitrogens with zero attached hydrogens (tertiary/aromatic N) is 4. The zero-order valence-electron chi connectivity index (χ0n) is 17.8. The van der Waals surface area contributed by atoms with Crippen LogP contribution in [-0.2, 0) is 17.6 Å². The molecule has 0 radical (unpaired) electrons. The average molecular weight is 428 g/mol. The normalized spacial score (nSPS) is 16.9. The lowest BCUT2D eigenvalue weighted by atomic mass is 9.90. The smallest absolute Gasteiger partial charge is 0.279 e. The monoisotopic (exact) mass is 427 g/mol. The molecule has 0 aromatic carbocycles. The molecule has 30 heavy (non-hydrogen) atoms. The van der Waals surface area contributed by atoms with Crippen molar-refractivity contribution in [3.05, 3.63) is 11.1 Å².